The highest BCUT2D eigenvalue weighted by atomic mass is 19.4. The van der Waals surface area contributed by atoms with Gasteiger partial charge in [-0.1, -0.05) is 25.1 Å². The van der Waals surface area contributed by atoms with Crippen LogP contribution in [0.4, 0.5) is 13.2 Å². The van der Waals surface area contributed by atoms with Crippen molar-refractivity contribution in [2.75, 3.05) is 0 Å². The molecule has 0 atom stereocenters. The van der Waals surface area contributed by atoms with Crippen LogP contribution < -0.4 is 5.73 Å². The molecular weight excluding hydrogens is 279 g/mol. The van der Waals surface area contributed by atoms with Crippen LogP contribution in [0.5, 0.6) is 0 Å². The summed E-state index contributed by atoms with van der Waals surface area (Å²) in [6, 6.07) is 6.93. The van der Waals surface area contributed by atoms with Crippen LogP contribution in [0.3, 0.4) is 0 Å². The molecule has 114 valence electrons. The van der Waals surface area contributed by atoms with Crippen LogP contribution in [0.15, 0.2) is 30.5 Å². The average Bonchev–Trinajstić information content (AvgIpc) is 2.83. The molecule has 0 aliphatic heterocycles. The van der Waals surface area contributed by atoms with Crippen molar-refractivity contribution in [1.82, 2.24) is 9.78 Å². The third-order valence-corrected chi connectivity index (χ3v) is 3.33. The molecule has 0 amide bonds. The molecule has 6 heteroatoms. The van der Waals surface area contributed by atoms with E-state index in [0.717, 1.165) is 10.2 Å². The number of rotatable bonds is 3. The minimum atomic E-state index is -4.52. The number of benzene rings is 1. The molecule has 1 heterocycles. The first-order chi connectivity index (χ1) is 9.66. The zero-order chi connectivity index (χ0) is 15.8. The van der Waals surface area contributed by atoms with Gasteiger partial charge in [0, 0.05) is 11.1 Å². The lowest BCUT2D eigenvalue weighted by Crippen LogP contribution is -2.31. The van der Waals surface area contributed by atoms with E-state index >= 15 is 0 Å². The minimum Gasteiger partial charge on any atom is -0.322 e. The van der Waals surface area contributed by atoms with E-state index in [2.05, 4.69) is 5.10 Å². The monoisotopic (exact) mass is 297 g/mol. The number of nitrogens with zero attached hydrogens (tertiary/aromatic N) is 2. The first kappa shape index (κ1) is 15.6. The quantitative estimate of drug-likeness (QED) is 0.940. The van der Waals surface area contributed by atoms with E-state index in [1.54, 1.807) is 24.3 Å². The fraction of sp³-hybridized carbons (Fsp3) is 0.400. The second-order valence-corrected chi connectivity index (χ2v) is 5.52. The van der Waals surface area contributed by atoms with Crippen LogP contribution in [-0.2, 0) is 18.1 Å². The highest BCUT2D eigenvalue weighted by Gasteiger charge is 2.41. The summed E-state index contributed by atoms with van der Waals surface area (Å²) in [5.74, 6) is 0. The zero-order valence-corrected chi connectivity index (χ0v) is 12.2. The van der Waals surface area contributed by atoms with Crippen molar-refractivity contribution in [3.05, 3.63) is 47.3 Å². The first-order valence-electron chi connectivity index (χ1n) is 6.69. The van der Waals surface area contributed by atoms with Crippen molar-refractivity contribution >= 4 is 0 Å². The molecule has 1 aromatic carbocycles. The standard InChI is InChI=1S/C15H18F3N3/c1-4-10-7-5-6-8-12(10)21-13(15(16,17)18)11(9-20-21)14(2,3)19/h5-9H,4,19H2,1-3H3. The fourth-order valence-corrected chi connectivity index (χ4v) is 2.29. The van der Waals surface area contributed by atoms with Crippen molar-refractivity contribution in [2.24, 2.45) is 5.73 Å². The highest BCUT2D eigenvalue weighted by Crippen LogP contribution is 2.37. The lowest BCUT2D eigenvalue weighted by molar-refractivity contribution is -0.144. The van der Waals surface area contributed by atoms with E-state index in [1.165, 1.54) is 20.0 Å². The van der Waals surface area contributed by atoms with Crippen molar-refractivity contribution in [1.29, 1.82) is 0 Å². The fourth-order valence-electron chi connectivity index (χ4n) is 2.29. The third kappa shape index (κ3) is 2.95. The molecular formula is C15H18F3N3. The van der Waals surface area contributed by atoms with Crippen LogP contribution in [0.25, 0.3) is 5.69 Å². The number of alkyl halides is 3. The van der Waals surface area contributed by atoms with Gasteiger partial charge in [-0.2, -0.15) is 18.3 Å². The van der Waals surface area contributed by atoms with Gasteiger partial charge in [-0.25, -0.2) is 4.68 Å². The summed E-state index contributed by atoms with van der Waals surface area (Å²) in [6.45, 7) is 4.97. The Hall–Kier alpha value is -1.82. The molecule has 2 aromatic rings. The molecule has 0 saturated heterocycles. The SMILES string of the molecule is CCc1ccccc1-n1ncc(C(C)(C)N)c1C(F)(F)F. The maximum Gasteiger partial charge on any atom is 0.433 e. The smallest absolute Gasteiger partial charge is 0.322 e. The van der Waals surface area contributed by atoms with E-state index in [0.29, 0.717) is 12.1 Å². The van der Waals surface area contributed by atoms with Gasteiger partial charge in [0.2, 0.25) is 0 Å². The van der Waals surface area contributed by atoms with Gasteiger partial charge in [0.05, 0.1) is 11.9 Å². The summed E-state index contributed by atoms with van der Waals surface area (Å²) < 4.78 is 41.4. The number of hydrogen-bond acceptors (Lipinski definition) is 2. The summed E-state index contributed by atoms with van der Waals surface area (Å²) in [5.41, 5.74) is 5.15. The van der Waals surface area contributed by atoms with E-state index in [9.17, 15) is 13.2 Å². The van der Waals surface area contributed by atoms with Crippen molar-refractivity contribution < 1.29 is 13.2 Å². The Morgan fingerprint density at radius 3 is 2.33 bits per heavy atom. The second-order valence-electron chi connectivity index (χ2n) is 5.52. The Balaban J connectivity index is 2.74. The predicted molar refractivity (Wildman–Crippen MR) is 75.2 cm³/mol. The largest absolute Gasteiger partial charge is 0.433 e. The number of para-hydroxylation sites is 1. The molecule has 0 unspecified atom stereocenters. The Labute approximate surface area is 121 Å². The Morgan fingerprint density at radius 1 is 1.19 bits per heavy atom. The third-order valence-electron chi connectivity index (χ3n) is 3.33. The summed E-state index contributed by atoms with van der Waals surface area (Å²) in [5, 5.41) is 3.94. The zero-order valence-electron chi connectivity index (χ0n) is 12.2. The van der Waals surface area contributed by atoms with Crippen LogP contribution in [0, 0.1) is 0 Å². The van der Waals surface area contributed by atoms with Crippen LogP contribution in [0.2, 0.25) is 0 Å². The molecule has 0 saturated carbocycles. The van der Waals surface area contributed by atoms with Gasteiger partial charge in [-0.15, -0.1) is 0 Å². The summed E-state index contributed by atoms with van der Waals surface area (Å²) in [7, 11) is 0. The molecule has 0 aliphatic carbocycles. The van der Waals surface area contributed by atoms with E-state index in [1.807, 2.05) is 6.92 Å². The molecule has 0 spiro atoms. The van der Waals surface area contributed by atoms with Gasteiger partial charge in [-0.05, 0) is 31.9 Å². The van der Waals surface area contributed by atoms with Crippen molar-refractivity contribution in [2.45, 2.75) is 38.9 Å². The minimum absolute atomic E-state index is 0.0130. The van der Waals surface area contributed by atoms with Crippen molar-refractivity contribution in [3.8, 4) is 5.69 Å². The topological polar surface area (TPSA) is 43.8 Å². The lowest BCUT2D eigenvalue weighted by Gasteiger charge is -2.21. The predicted octanol–water partition coefficient (Wildman–Crippen LogP) is 3.65. The average molecular weight is 297 g/mol. The van der Waals surface area contributed by atoms with Crippen molar-refractivity contribution in [3.63, 3.8) is 0 Å². The number of aryl methyl sites for hydroxylation is 1. The molecule has 0 bridgehead atoms. The number of halogens is 3. The Morgan fingerprint density at radius 2 is 1.81 bits per heavy atom. The van der Waals surface area contributed by atoms with Gasteiger partial charge in [0.1, 0.15) is 0 Å². The molecule has 1 aromatic heterocycles. The summed E-state index contributed by atoms with van der Waals surface area (Å²) in [6.07, 6.45) is -2.70. The second kappa shape index (κ2) is 5.18. The van der Waals surface area contributed by atoms with Gasteiger partial charge in [0.25, 0.3) is 0 Å². The van der Waals surface area contributed by atoms with E-state index < -0.39 is 17.4 Å². The summed E-state index contributed by atoms with van der Waals surface area (Å²) in [4.78, 5) is 0. The van der Waals surface area contributed by atoms with Crippen LogP contribution in [-0.4, -0.2) is 9.78 Å². The Bertz CT molecular complexity index is 636. The van der Waals surface area contributed by atoms with Crippen LogP contribution >= 0.6 is 0 Å². The van der Waals surface area contributed by atoms with Gasteiger partial charge in [-0.3, -0.25) is 0 Å². The molecule has 3 nitrogen and oxygen atoms in total. The molecule has 2 N–H and O–H groups in total. The Kier molecular flexibility index (Phi) is 3.84. The maximum atomic E-state index is 13.5. The van der Waals surface area contributed by atoms with Gasteiger partial charge >= 0.3 is 6.18 Å². The lowest BCUT2D eigenvalue weighted by atomic mass is 9.96. The maximum absolute atomic E-state index is 13.5. The normalized spacial score (nSPS) is 12.7. The molecule has 2 rings (SSSR count). The molecule has 0 fully saturated rings. The number of aromatic nitrogens is 2. The molecule has 0 aliphatic rings. The van der Waals surface area contributed by atoms with Gasteiger partial charge < -0.3 is 5.73 Å². The first-order valence-corrected chi connectivity index (χ1v) is 6.69. The number of nitrogens with two attached hydrogens (primary N) is 1. The van der Waals surface area contributed by atoms with E-state index in [4.69, 9.17) is 5.73 Å². The highest BCUT2D eigenvalue weighted by molar-refractivity contribution is 5.44. The molecule has 0 radical (unpaired) electrons. The van der Waals surface area contributed by atoms with Crippen LogP contribution in [0.1, 0.15) is 37.6 Å². The van der Waals surface area contributed by atoms with Gasteiger partial charge in [0.15, 0.2) is 5.69 Å². The summed E-state index contributed by atoms with van der Waals surface area (Å²) >= 11 is 0. The van der Waals surface area contributed by atoms with E-state index in [-0.39, 0.29) is 5.56 Å². The number of hydrogen-bond donors (Lipinski definition) is 1. The molecule has 21 heavy (non-hydrogen) atoms.